The quantitative estimate of drug-likeness (QED) is 0.753. The van der Waals surface area contributed by atoms with Gasteiger partial charge in [0.15, 0.2) is 5.66 Å². The van der Waals surface area contributed by atoms with Crippen molar-refractivity contribution in [1.82, 2.24) is 4.98 Å². The molecule has 0 saturated heterocycles. The van der Waals surface area contributed by atoms with Crippen LogP contribution in [0, 0.1) is 11.3 Å². The summed E-state index contributed by atoms with van der Waals surface area (Å²) in [7, 11) is 0. The van der Waals surface area contributed by atoms with E-state index in [1.165, 1.54) is 5.56 Å². The Morgan fingerprint density at radius 1 is 1.11 bits per heavy atom. The minimum Gasteiger partial charge on any atom is -0.300 e. The maximum atomic E-state index is 9.10. The summed E-state index contributed by atoms with van der Waals surface area (Å²) >= 11 is 0. The molecule has 2 aromatic carbocycles. The number of aromatic nitrogens is 1. The Labute approximate surface area is 158 Å². The van der Waals surface area contributed by atoms with E-state index in [1.807, 2.05) is 36.6 Å². The fourth-order valence-corrected chi connectivity index (χ4v) is 3.32. The lowest BCUT2D eigenvalue weighted by molar-refractivity contribution is 0.611. The SMILES string of the molecule is CC(C)c1cccc(C2=CC(N)(c3ccc4ncc(C#N)cc4c3)N=C2)c1. The molecule has 1 aliphatic heterocycles. The molecule has 0 fully saturated rings. The second-order valence-corrected chi connectivity index (χ2v) is 7.21. The van der Waals surface area contributed by atoms with E-state index in [-0.39, 0.29) is 0 Å². The van der Waals surface area contributed by atoms with Crippen molar-refractivity contribution in [2.24, 2.45) is 10.7 Å². The lowest BCUT2D eigenvalue weighted by Gasteiger charge is -2.19. The van der Waals surface area contributed by atoms with E-state index >= 15 is 0 Å². The molecular formula is C23H20N4. The largest absolute Gasteiger partial charge is 0.300 e. The third-order valence-corrected chi connectivity index (χ3v) is 4.95. The van der Waals surface area contributed by atoms with Crippen molar-refractivity contribution >= 4 is 22.7 Å². The zero-order valence-electron chi connectivity index (χ0n) is 15.3. The molecule has 3 aromatic rings. The van der Waals surface area contributed by atoms with E-state index in [9.17, 15) is 0 Å². The maximum Gasteiger partial charge on any atom is 0.153 e. The fraction of sp³-hybridized carbons (Fsp3) is 0.174. The van der Waals surface area contributed by atoms with Crippen LogP contribution in [0.1, 0.15) is 42.0 Å². The predicted octanol–water partition coefficient (Wildman–Crippen LogP) is 4.51. The molecule has 1 unspecified atom stereocenters. The van der Waals surface area contributed by atoms with Gasteiger partial charge in [0.25, 0.3) is 0 Å². The second kappa shape index (κ2) is 6.46. The van der Waals surface area contributed by atoms with Gasteiger partial charge in [0, 0.05) is 17.8 Å². The molecule has 0 aliphatic carbocycles. The number of hydrogen-bond donors (Lipinski definition) is 1. The second-order valence-electron chi connectivity index (χ2n) is 7.21. The van der Waals surface area contributed by atoms with Gasteiger partial charge in [-0.05, 0) is 52.5 Å². The molecule has 0 saturated carbocycles. The van der Waals surface area contributed by atoms with Crippen molar-refractivity contribution in [3.05, 3.63) is 83.1 Å². The zero-order valence-corrected chi connectivity index (χ0v) is 15.3. The normalized spacial score (nSPS) is 18.7. The molecule has 0 radical (unpaired) electrons. The number of nitrogens with zero attached hydrogens (tertiary/aromatic N) is 3. The summed E-state index contributed by atoms with van der Waals surface area (Å²) in [5.41, 5.74) is 11.3. The van der Waals surface area contributed by atoms with Gasteiger partial charge in [-0.3, -0.25) is 9.98 Å². The molecule has 4 rings (SSSR count). The van der Waals surface area contributed by atoms with Crippen LogP contribution in [0.4, 0.5) is 0 Å². The van der Waals surface area contributed by atoms with Crippen LogP contribution in [-0.4, -0.2) is 11.2 Å². The van der Waals surface area contributed by atoms with Crippen molar-refractivity contribution in [1.29, 1.82) is 5.26 Å². The lowest BCUT2D eigenvalue weighted by Crippen LogP contribution is -2.30. The summed E-state index contributed by atoms with van der Waals surface area (Å²) in [6.07, 6.45) is 5.41. The van der Waals surface area contributed by atoms with Crippen molar-refractivity contribution < 1.29 is 0 Å². The summed E-state index contributed by atoms with van der Waals surface area (Å²) in [6.45, 7) is 4.37. The van der Waals surface area contributed by atoms with Crippen molar-refractivity contribution in [3.8, 4) is 6.07 Å². The number of allylic oxidation sites excluding steroid dienone is 1. The van der Waals surface area contributed by atoms with Crippen LogP contribution in [0.3, 0.4) is 0 Å². The van der Waals surface area contributed by atoms with E-state index in [4.69, 9.17) is 11.0 Å². The molecular weight excluding hydrogens is 332 g/mol. The van der Waals surface area contributed by atoms with Gasteiger partial charge >= 0.3 is 0 Å². The predicted molar refractivity (Wildman–Crippen MR) is 109 cm³/mol. The van der Waals surface area contributed by atoms with E-state index in [0.717, 1.165) is 27.6 Å². The Hall–Kier alpha value is -3.29. The standard InChI is InChI=1S/C23H20N4/c1-15(2)17-4-3-5-18(9-17)20-11-23(25,27-14-20)21-6-7-22-19(10-21)8-16(12-24)13-26-22/h3-11,13-15H,25H2,1-2H3. The molecule has 1 aromatic heterocycles. The van der Waals surface area contributed by atoms with E-state index < -0.39 is 5.66 Å². The number of fused-ring (bicyclic) bond motifs is 1. The van der Waals surface area contributed by atoms with Crippen LogP contribution in [0.5, 0.6) is 0 Å². The molecule has 4 heteroatoms. The Bertz CT molecular complexity index is 1130. The smallest absolute Gasteiger partial charge is 0.153 e. The van der Waals surface area contributed by atoms with E-state index in [2.05, 4.69) is 54.2 Å². The van der Waals surface area contributed by atoms with Gasteiger partial charge in [0.05, 0.1) is 11.1 Å². The highest BCUT2D eigenvalue weighted by atomic mass is 15.0. The van der Waals surface area contributed by atoms with Crippen LogP contribution < -0.4 is 5.73 Å². The Morgan fingerprint density at radius 3 is 2.74 bits per heavy atom. The van der Waals surface area contributed by atoms with Gasteiger partial charge in [-0.2, -0.15) is 5.26 Å². The van der Waals surface area contributed by atoms with Gasteiger partial charge in [-0.25, -0.2) is 0 Å². The number of aliphatic imine (C=N–C) groups is 1. The molecule has 2 heterocycles. The van der Waals surface area contributed by atoms with Crippen molar-refractivity contribution in [2.45, 2.75) is 25.4 Å². The summed E-state index contributed by atoms with van der Waals surface area (Å²) in [6, 6.07) is 18.3. The van der Waals surface area contributed by atoms with Gasteiger partial charge in [-0.1, -0.05) is 44.2 Å². The number of pyridine rings is 1. The lowest BCUT2D eigenvalue weighted by atomic mass is 9.94. The summed E-state index contributed by atoms with van der Waals surface area (Å²) < 4.78 is 0. The number of nitrogens with two attached hydrogens (primary N) is 1. The zero-order chi connectivity index (χ0) is 19.0. The molecule has 0 spiro atoms. The van der Waals surface area contributed by atoms with Gasteiger partial charge in [0.1, 0.15) is 6.07 Å². The molecule has 0 bridgehead atoms. The number of rotatable bonds is 3. The number of hydrogen-bond acceptors (Lipinski definition) is 4. The first-order valence-electron chi connectivity index (χ1n) is 8.96. The van der Waals surface area contributed by atoms with Crippen LogP contribution in [-0.2, 0) is 5.66 Å². The summed E-state index contributed by atoms with van der Waals surface area (Å²) in [5.74, 6) is 0.467. The van der Waals surface area contributed by atoms with Crippen LogP contribution in [0.15, 0.2) is 65.8 Å². The molecule has 0 amide bonds. The average Bonchev–Trinajstić information content (AvgIpc) is 3.10. The van der Waals surface area contributed by atoms with Crippen LogP contribution in [0.2, 0.25) is 0 Å². The van der Waals surface area contributed by atoms with Crippen LogP contribution >= 0.6 is 0 Å². The first-order valence-corrected chi connectivity index (χ1v) is 8.96. The summed E-state index contributed by atoms with van der Waals surface area (Å²) in [4.78, 5) is 8.91. The fourth-order valence-electron chi connectivity index (χ4n) is 3.32. The highest BCUT2D eigenvalue weighted by Gasteiger charge is 2.28. The van der Waals surface area contributed by atoms with Gasteiger partial charge in [0.2, 0.25) is 0 Å². The summed E-state index contributed by atoms with van der Waals surface area (Å²) in [5, 5.41) is 9.99. The highest BCUT2D eigenvalue weighted by Crippen LogP contribution is 2.33. The Morgan fingerprint density at radius 2 is 1.96 bits per heavy atom. The minimum atomic E-state index is -0.917. The monoisotopic (exact) mass is 352 g/mol. The first kappa shape index (κ1) is 17.1. The molecule has 132 valence electrons. The molecule has 1 aliphatic rings. The van der Waals surface area contributed by atoms with Crippen molar-refractivity contribution in [3.63, 3.8) is 0 Å². The topological polar surface area (TPSA) is 75.1 Å². The Kier molecular flexibility index (Phi) is 4.10. The average molecular weight is 352 g/mol. The maximum absolute atomic E-state index is 9.10. The van der Waals surface area contributed by atoms with E-state index in [1.54, 1.807) is 6.20 Å². The van der Waals surface area contributed by atoms with Gasteiger partial charge in [-0.15, -0.1) is 0 Å². The first-order chi connectivity index (χ1) is 13.0. The van der Waals surface area contributed by atoms with Crippen LogP contribution in [0.25, 0.3) is 16.5 Å². The number of nitriles is 1. The molecule has 1 atom stereocenters. The third-order valence-electron chi connectivity index (χ3n) is 4.95. The van der Waals surface area contributed by atoms with Crippen molar-refractivity contribution in [2.75, 3.05) is 0 Å². The minimum absolute atomic E-state index is 0.467. The Balaban J connectivity index is 1.74. The highest BCUT2D eigenvalue weighted by molar-refractivity contribution is 6.12. The number of benzene rings is 2. The van der Waals surface area contributed by atoms with E-state index in [0.29, 0.717) is 11.5 Å². The molecule has 27 heavy (non-hydrogen) atoms. The molecule has 2 N–H and O–H groups in total. The van der Waals surface area contributed by atoms with Gasteiger partial charge < -0.3 is 5.73 Å². The molecule has 4 nitrogen and oxygen atoms in total. The third kappa shape index (κ3) is 3.14.